The number of hydrogen-bond acceptors (Lipinski definition) is 4. The lowest BCUT2D eigenvalue weighted by molar-refractivity contribution is -0.118. The summed E-state index contributed by atoms with van der Waals surface area (Å²) in [7, 11) is -0.737. The zero-order valence-electron chi connectivity index (χ0n) is 20.0. The Labute approximate surface area is 210 Å². The number of fused-ring (bicyclic) bond motifs is 1. The van der Waals surface area contributed by atoms with Crippen LogP contribution in [-0.2, 0) is 21.2 Å². The van der Waals surface area contributed by atoms with Crippen LogP contribution in [0.4, 0.5) is 5.69 Å². The maximum absolute atomic E-state index is 13.5. The van der Waals surface area contributed by atoms with Crippen molar-refractivity contribution < 1.29 is 18.0 Å². The highest BCUT2D eigenvalue weighted by molar-refractivity contribution is 7.89. The average Bonchev–Trinajstić information content (AvgIpc) is 2.89. The van der Waals surface area contributed by atoms with Gasteiger partial charge >= 0.3 is 0 Å². The first-order valence-electron chi connectivity index (χ1n) is 11.4. The second kappa shape index (κ2) is 10.7. The highest BCUT2D eigenvalue weighted by atomic mass is 32.2. The molecule has 0 bridgehead atoms. The molecular formula is C28H27N3O4S. The van der Waals surface area contributed by atoms with E-state index in [9.17, 15) is 18.0 Å². The molecule has 4 aromatic carbocycles. The van der Waals surface area contributed by atoms with Crippen LogP contribution >= 0.6 is 0 Å². The van der Waals surface area contributed by atoms with E-state index in [2.05, 4.69) is 10.6 Å². The molecule has 4 aromatic rings. The number of amides is 2. The number of carbonyl (C=O) groups is 2. The number of rotatable bonds is 8. The van der Waals surface area contributed by atoms with Crippen LogP contribution in [-0.4, -0.2) is 44.7 Å². The highest BCUT2D eigenvalue weighted by Crippen LogP contribution is 2.30. The predicted molar refractivity (Wildman–Crippen MR) is 141 cm³/mol. The number of anilines is 1. The minimum Gasteiger partial charge on any atom is -0.340 e. The van der Waals surface area contributed by atoms with Gasteiger partial charge in [-0.2, -0.15) is 0 Å². The van der Waals surface area contributed by atoms with E-state index in [1.165, 1.54) is 14.1 Å². The molecule has 0 aliphatic heterocycles. The second-order valence-corrected chi connectivity index (χ2v) is 10.6. The van der Waals surface area contributed by atoms with E-state index in [1.807, 2.05) is 36.4 Å². The Morgan fingerprint density at radius 1 is 0.778 bits per heavy atom. The van der Waals surface area contributed by atoms with Gasteiger partial charge < -0.3 is 10.6 Å². The minimum atomic E-state index is -3.69. The van der Waals surface area contributed by atoms with Crippen LogP contribution in [0.5, 0.6) is 0 Å². The Hall–Kier alpha value is -4.01. The summed E-state index contributed by atoms with van der Waals surface area (Å²) in [4.78, 5) is 26.5. The van der Waals surface area contributed by atoms with E-state index < -0.39 is 22.0 Å². The Bertz CT molecular complexity index is 1490. The van der Waals surface area contributed by atoms with E-state index in [0.717, 1.165) is 9.87 Å². The summed E-state index contributed by atoms with van der Waals surface area (Å²) in [5.41, 5.74) is 1.80. The quantitative estimate of drug-likeness (QED) is 0.381. The molecule has 0 aromatic heterocycles. The van der Waals surface area contributed by atoms with E-state index in [0.29, 0.717) is 22.0 Å². The molecule has 0 spiro atoms. The van der Waals surface area contributed by atoms with Crippen LogP contribution in [0.1, 0.15) is 15.9 Å². The molecular weight excluding hydrogens is 474 g/mol. The first-order valence-corrected chi connectivity index (χ1v) is 12.9. The summed E-state index contributed by atoms with van der Waals surface area (Å²) in [6, 6.07) is 27.3. The van der Waals surface area contributed by atoms with Crippen LogP contribution in [0.3, 0.4) is 0 Å². The van der Waals surface area contributed by atoms with Gasteiger partial charge in [0.15, 0.2) is 0 Å². The van der Waals surface area contributed by atoms with Gasteiger partial charge in [0.25, 0.3) is 5.91 Å². The molecule has 4 rings (SSSR count). The fourth-order valence-electron chi connectivity index (χ4n) is 3.92. The molecule has 0 saturated carbocycles. The fraction of sp³-hybridized carbons (Fsp3) is 0.143. The van der Waals surface area contributed by atoms with Gasteiger partial charge in [0.2, 0.25) is 15.9 Å². The molecule has 2 N–H and O–H groups in total. The number of carbonyl (C=O) groups excluding carboxylic acids is 2. The summed E-state index contributed by atoms with van der Waals surface area (Å²) < 4.78 is 26.8. The van der Waals surface area contributed by atoms with Crippen molar-refractivity contribution in [3.05, 3.63) is 108 Å². The third-order valence-corrected chi connectivity index (χ3v) is 7.71. The van der Waals surface area contributed by atoms with Gasteiger partial charge in [-0.25, -0.2) is 12.7 Å². The average molecular weight is 502 g/mol. The maximum atomic E-state index is 13.5. The lowest BCUT2D eigenvalue weighted by Crippen LogP contribution is -2.45. The van der Waals surface area contributed by atoms with E-state index >= 15 is 0 Å². The van der Waals surface area contributed by atoms with Gasteiger partial charge in [-0.1, -0.05) is 72.8 Å². The van der Waals surface area contributed by atoms with Gasteiger partial charge in [-0.15, -0.1) is 0 Å². The first-order chi connectivity index (χ1) is 17.3. The topological polar surface area (TPSA) is 95.6 Å². The molecule has 184 valence electrons. The van der Waals surface area contributed by atoms with Crippen molar-refractivity contribution in [2.45, 2.75) is 17.4 Å². The van der Waals surface area contributed by atoms with Crippen LogP contribution in [0, 0.1) is 0 Å². The number of nitrogens with zero attached hydrogens (tertiary/aromatic N) is 1. The Morgan fingerprint density at radius 2 is 1.39 bits per heavy atom. The zero-order valence-corrected chi connectivity index (χ0v) is 20.8. The number of benzene rings is 4. The maximum Gasteiger partial charge on any atom is 0.251 e. The smallest absolute Gasteiger partial charge is 0.251 e. The Morgan fingerprint density at radius 3 is 2.06 bits per heavy atom. The van der Waals surface area contributed by atoms with Crippen molar-refractivity contribution in [3.63, 3.8) is 0 Å². The van der Waals surface area contributed by atoms with Crippen molar-refractivity contribution >= 4 is 38.3 Å². The van der Waals surface area contributed by atoms with Crippen LogP contribution in [0.15, 0.2) is 102 Å². The molecule has 0 aliphatic rings. The predicted octanol–water partition coefficient (Wildman–Crippen LogP) is 4.07. The molecule has 2 amide bonds. The third-order valence-electron chi connectivity index (χ3n) is 5.84. The Kier molecular flexibility index (Phi) is 7.47. The van der Waals surface area contributed by atoms with Crippen LogP contribution in [0.25, 0.3) is 10.8 Å². The number of nitrogens with one attached hydrogen (secondary N) is 2. The fourth-order valence-corrected chi connectivity index (χ4v) is 5.02. The number of sulfonamides is 1. The molecule has 7 nitrogen and oxygen atoms in total. The molecule has 8 heteroatoms. The first kappa shape index (κ1) is 25.1. The normalized spacial score (nSPS) is 12.3. The van der Waals surface area contributed by atoms with Crippen LogP contribution < -0.4 is 10.6 Å². The van der Waals surface area contributed by atoms with Gasteiger partial charge in [0.1, 0.15) is 6.04 Å². The minimum absolute atomic E-state index is 0.152. The van der Waals surface area contributed by atoms with Crippen molar-refractivity contribution in [2.24, 2.45) is 0 Å². The second-order valence-electron chi connectivity index (χ2n) is 8.52. The lowest BCUT2D eigenvalue weighted by Gasteiger charge is -2.20. The summed E-state index contributed by atoms with van der Waals surface area (Å²) in [6.07, 6.45) is 0.288. The van der Waals surface area contributed by atoms with Gasteiger partial charge in [-0.3, -0.25) is 9.59 Å². The Balaban J connectivity index is 1.66. The van der Waals surface area contributed by atoms with Crippen molar-refractivity contribution in [1.29, 1.82) is 0 Å². The highest BCUT2D eigenvalue weighted by Gasteiger charge is 2.24. The largest absolute Gasteiger partial charge is 0.340 e. The van der Waals surface area contributed by atoms with E-state index in [1.54, 1.807) is 60.7 Å². The summed E-state index contributed by atoms with van der Waals surface area (Å²) >= 11 is 0. The zero-order chi connectivity index (χ0) is 25.7. The van der Waals surface area contributed by atoms with E-state index in [-0.39, 0.29) is 17.2 Å². The van der Waals surface area contributed by atoms with E-state index in [4.69, 9.17) is 0 Å². The molecule has 0 radical (unpaired) electrons. The molecule has 0 heterocycles. The SMILES string of the molecule is CN(C)S(=O)(=O)c1cccc2c(NC(=O)[C@H](Cc3ccccc3)NC(=O)c3ccccc3)cccc12. The van der Waals surface area contributed by atoms with Crippen LogP contribution in [0.2, 0.25) is 0 Å². The molecule has 0 saturated heterocycles. The van der Waals surface area contributed by atoms with Gasteiger partial charge in [0.05, 0.1) is 4.90 Å². The molecule has 0 fully saturated rings. The summed E-state index contributed by atoms with van der Waals surface area (Å²) in [5.74, 6) is -0.763. The van der Waals surface area contributed by atoms with Gasteiger partial charge in [0, 0.05) is 42.5 Å². The monoisotopic (exact) mass is 501 g/mol. The molecule has 0 aliphatic carbocycles. The molecule has 0 unspecified atom stereocenters. The van der Waals surface area contributed by atoms with Crippen molar-refractivity contribution in [1.82, 2.24) is 9.62 Å². The third kappa shape index (κ3) is 5.45. The standard InChI is InChI=1S/C28H27N3O4S/c1-31(2)36(34,35)26-18-10-15-22-23(26)16-9-17-24(22)29-28(33)25(19-20-11-5-3-6-12-20)30-27(32)21-13-7-4-8-14-21/h3-18,25H,19H2,1-2H3,(H,29,33)(H,30,32)/t25-/m0/s1. The van der Waals surface area contributed by atoms with Crippen molar-refractivity contribution in [3.8, 4) is 0 Å². The number of hydrogen-bond donors (Lipinski definition) is 2. The summed E-state index contributed by atoms with van der Waals surface area (Å²) in [5, 5.41) is 6.84. The molecule has 1 atom stereocenters. The summed E-state index contributed by atoms with van der Waals surface area (Å²) in [6.45, 7) is 0. The molecule has 36 heavy (non-hydrogen) atoms. The lowest BCUT2D eigenvalue weighted by atomic mass is 10.0. The van der Waals surface area contributed by atoms with Crippen molar-refractivity contribution in [2.75, 3.05) is 19.4 Å². The van der Waals surface area contributed by atoms with Gasteiger partial charge in [-0.05, 0) is 29.8 Å².